The summed E-state index contributed by atoms with van der Waals surface area (Å²) in [5.41, 5.74) is 2.46. The van der Waals surface area contributed by atoms with E-state index in [-0.39, 0.29) is 28.7 Å². The largest absolute Gasteiger partial charge is 0.506 e. The first kappa shape index (κ1) is 27.3. The number of nitrogens with zero attached hydrogens (tertiary/aromatic N) is 2. The molecule has 2 aliphatic heterocycles. The van der Waals surface area contributed by atoms with Gasteiger partial charge in [0.1, 0.15) is 15.9 Å². The summed E-state index contributed by atoms with van der Waals surface area (Å²) in [5, 5.41) is 17.0. The van der Waals surface area contributed by atoms with Crippen molar-refractivity contribution in [1.29, 1.82) is 0 Å². The van der Waals surface area contributed by atoms with Crippen LogP contribution >= 0.6 is 24.0 Å². The Balaban J connectivity index is 1.53. The highest BCUT2D eigenvalue weighted by Crippen LogP contribution is 2.42. The molecule has 40 heavy (non-hydrogen) atoms. The number of amides is 2. The molecule has 0 aromatic heterocycles. The Hall–Kier alpha value is -4.23. The van der Waals surface area contributed by atoms with E-state index in [0.29, 0.717) is 26.9 Å². The lowest BCUT2D eigenvalue weighted by Gasteiger charge is -2.19. The number of hydrogen-bond acceptors (Lipinski definition) is 7. The van der Waals surface area contributed by atoms with Crippen molar-refractivity contribution in [3.8, 4) is 5.75 Å². The van der Waals surface area contributed by atoms with Crippen molar-refractivity contribution in [3.63, 3.8) is 0 Å². The molecule has 3 N–H and O–H groups in total. The van der Waals surface area contributed by atoms with E-state index in [2.05, 4.69) is 15.8 Å². The van der Waals surface area contributed by atoms with E-state index in [0.717, 1.165) is 27.8 Å². The topological polar surface area (TPSA) is 94.0 Å². The minimum atomic E-state index is -4.85. The Labute approximate surface area is 234 Å². The number of fused-ring (bicyclic) bond motifs is 1. The Morgan fingerprint density at radius 3 is 2.45 bits per heavy atom. The van der Waals surface area contributed by atoms with Gasteiger partial charge in [-0.1, -0.05) is 36.1 Å². The van der Waals surface area contributed by atoms with Crippen LogP contribution in [0.1, 0.15) is 27.8 Å². The SMILES string of the molecule is Cc1ccc(N2C(=O)C(=NNc3ccc(C=C4SC(=S)NC4=O)cc3O)c3c(F)cc(C(F)(F)F)cc32)cc1C. The number of halogens is 4. The maximum atomic E-state index is 15.2. The van der Waals surface area contributed by atoms with Crippen molar-refractivity contribution in [3.05, 3.63) is 87.1 Å². The molecular weight excluding hydrogens is 568 g/mol. The van der Waals surface area contributed by atoms with Crippen LogP contribution in [0.3, 0.4) is 0 Å². The fourth-order valence-corrected chi connectivity index (χ4v) is 5.18. The Morgan fingerprint density at radius 2 is 1.82 bits per heavy atom. The van der Waals surface area contributed by atoms with E-state index >= 15 is 4.39 Å². The van der Waals surface area contributed by atoms with Crippen molar-refractivity contribution in [2.45, 2.75) is 20.0 Å². The number of phenolic OH excluding ortho intramolecular Hbond substituents is 1. The molecule has 204 valence electrons. The number of anilines is 3. The number of aromatic hydroxyl groups is 1. The highest BCUT2D eigenvalue weighted by Gasteiger charge is 2.41. The van der Waals surface area contributed by atoms with Crippen LogP contribution in [0.4, 0.5) is 34.6 Å². The highest BCUT2D eigenvalue weighted by atomic mass is 32.2. The summed E-state index contributed by atoms with van der Waals surface area (Å²) in [4.78, 5) is 26.7. The van der Waals surface area contributed by atoms with Crippen molar-refractivity contribution < 1.29 is 32.3 Å². The molecule has 13 heteroatoms. The standard InChI is InChI=1S/C27H18F4N4O3S2/c1-12-3-5-16(7-13(12)2)35-19-11-15(27(29,30)31)10-17(28)22(19)23(25(35)38)34-33-18-6-4-14(8-20(18)36)9-21-24(37)32-26(39)40-21/h3-11,33,36H,1-2H3,(H,32,37,39). The van der Waals surface area contributed by atoms with E-state index in [1.54, 1.807) is 31.2 Å². The molecule has 0 aliphatic carbocycles. The molecule has 3 aromatic rings. The lowest BCUT2D eigenvalue weighted by molar-refractivity contribution is -0.137. The summed E-state index contributed by atoms with van der Waals surface area (Å²) in [7, 11) is 0. The third-order valence-electron chi connectivity index (χ3n) is 6.28. The summed E-state index contributed by atoms with van der Waals surface area (Å²) in [6, 6.07) is 10.2. The molecule has 5 rings (SSSR count). The Morgan fingerprint density at radius 1 is 1.07 bits per heavy atom. The zero-order valence-electron chi connectivity index (χ0n) is 20.7. The average Bonchev–Trinajstić information content (AvgIpc) is 3.34. The number of nitrogens with one attached hydrogen (secondary N) is 2. The highest BCUT2D eigenvalue weighted by molar-refractivity contribution is 8.26. The number of hydrogen-bond donors (Lipinski definition) is 3. The predicted molar refractivity (Wildman–Crippen MR) is 149 cm³/mol. The van der Waals surface area contributed by atoms with Gasteiger partial charge < -0.3 is 10.4 Å². The van der Waals surface area contributed by atoms with E-state index in [1.807, 2.05) is 6.92 Å². The average molecular weight is 587 g/mol. The number of aryl methyl sites for hydroxylation is 2. The van der Waals surface area contributed by atoms with Crippen LogP contribution in [0.5, 0.6) is 5.75 Å². The van der Waals surface area contributed by atoms with Crippen molar-refractivity contribution in [2.24, 2.45) is 5.10 Å². The fraction of sp³-hybridized carbons (Fsp3) is 0.111. The summed E-state index contributed by atoms with van der Waals surface area (Å²) in [5.74, 6) is -2.81. The molecule has 0 saturated carbocycles. The minimum Gasteiger partial charge on any atom is -0.506 e. The van der Waals surface area contributed by atoms with E-state index < -0.39 is 34.7 Å². The quantitative estimate of drug-likeness (QED) is 0.112. The molecule has 0 bridgehead atoms. The van der Waals surface area contributed by atoms with Gasteiger partial charge in [0.2, 0.25) is 0 Å². The first-order valence-corrected chi connectivity index (χ1v) is 12.8. The predicted octanol–water partition coefficient (Wildman–Crippen LogP) is 6.15. The molecular formula is C27H18F4N4O3S2. The van der Waals surface area contributed by atoms with Gasteiger partial charge in [-0.25, -0.2) is 4.39 Å². The second kappa shape index (κ2) is 10.1. The number of hydrazone groups is 1. The van der Waals surface area contributed by atoms with Crippen LogP contribution in [0, 0.1) is 19.7 Å². The first-order valence-electron chi connectivity index (χ1n) is 11.6. The van der Waals surface area contributed by atoms with Crippen LogP contribution in [-0.4, -0.2) is 27.0 Å². The molecule has 0 radical (unpaired) electrons. The fourth-order valence-electron chi connectivity index (χ4n) is 4.14. The van der Waals surface area contributed by atoms with Crippen molar-refractivity contribution >= 4 is 69.0 Å². The minimum absolute atomic E-state index is 0.0278. The van der Waals surface area contributed by atoms with Crippen molar-refractivity contribution in [1.82, 2.24) is 5.32 Å². The van der Waals surface area contributed by atoms with Crippen molar-refractivity contribution in [2.75, 3.05) is 10.3 Å². The summed E-state index contributed by atoms with van der Waals surface area (Å²) in [6.45, 7) is 3.61. The summed E-state index contributed by atoms with van der Waals surface area (Å²) in [6.07, 6.45) is -3.34. The zero-order chi connectivity index (χ0) is 28.9. The molecule has 2 amide bonds. The smallest absolute Gasteiger partial charge is 0.416 e. The number of phenols is 1. The maximum Gasteiger partial charge on any atom is 0.416 e. The molecule has 0 unspecified atom stereocenters. The zero-order valence-corrected chi connectivity index (χ0v) is 22.3. The van der Waals surface area contributed by atoms with E-state index in [4.69, 9.17) is 12.2 Å². The number of rotatable bonds is 4. The van der Waals surface area contributed by atoms with Gasteiger partial charge in [-0.2, -0.15) is 18.3 Å². The van der Waals surface area contributed by atoms with Gasteiger partial charge in [-0.15, -0.1) is 0 Å². The Bertz CT molecular complexity index is 1680. The molecule has 2 heterocycles. The van der Waals surface area contributed by atoms with Crippen LogP contribution in [-0.2, 0) is 15.8 Å². The molecule has 2 aliphatic rings. The van der Waals surface area contributed by atoms with Crippen LogP contribution in [0.15, 0.2) is 58.5 Å². The second-order valence-corrected chi connectivity index (χ2v) is 10.7. The van der Waals surface area contributed by atoms with Gasteiger partial charge in [-0.05, 0) is 73.0 Å². The number of alkyl halides is 3. The Kier molecular flexibility index (Phi) is 6.88. The number of benzene rings is 3. The first-order chi connectivity index (χ1) is 18.8. The van der Waals surface area contributed by atoms with Crippen LogP contribution in [0.2, 0.25) is 0 Å². The number of thiocarbonyl (C=S) groups is 1. The maximum absolute atomic E-state index is 15.2. The van der Waals surface area contributed by atoms with Gasteiger partial charge in [0, 0.05) is 5.69 Å². The lowest BCUT2D eigenvalue weighted by Crippen LogP contribution is -2.26. The number of carbonyl (C=O) groups excluding carboxylic acids is 2. The third kappa shape index (κ3) is 5.05. The van der Waals surface area contributed by atoms with E-state index in [9.17, 15) is 27.9 Å². The molecule has 7 nitrogen and oxygen atoms in total. The van der Waals surface area contributed by atoms with Gasteiger partial charge in [-0.3, -0.25) is 19.9 Å². The molecule has 3 aromatic carbocycles. The monoisotopic (exact) mass is 586 g/mol. The van der Waals surface area contributed by atoms with Gasteiger partial charge in [0.05, 0.1) is 27.4 Å². The molecule has 1 fully saturated rings. The summed E-state index contributed by atoms with van der Waals surface area (Å²) >= 11 is 6.02. The third-order valence-corrected chi connectivity index (χ3v) is 7.44. The molecule has 0 spiro atoms. The second-order valence-electron chi connectivity index (χ2n) is 8.96. The van der Waals surface area contributed by atoms with Gasteiger partial charge in [0.15, 0.2) is 5.71 Å². The number of thioether (sulfide) groups is 1. The number of carbonyl (C=O) groups is 2. The molecule has 0 atom stereocenters. The molecule has 1 saturated heterocycles. The van der Waals surface area contributed by atoms with E-state index in [1.165, 1.54) is 18.2 Å². The van der Waals surface area contributed by atoms with Gasteiger partial charge >= 0.3 is 6.18 Å². The van der Waals surface area contributed by atoms with Crippen LogP contribution in [0.25, 0.3) is 6.08 Å². The normalized spacial score (nSPS) is 17.1. The lowest BCUT2D eigenvalue weighted by atomic mass is 10.1. The summed E-state index contributed by atoms with van der Waals surface area (Å²) < 4.78 is 56.0. The van der Waals surface area contributed by atoms with Gasteiger partial charge in [0.25, 0.3) is 11.8 Å². The van der Waals surface area contributed by atoms with Crippen LogP contribution < -0.4 is 15.6 Å².